The first kappa shape index (κ1) is 11.6. The normalized spacial score (nSPS) is 10.6. The molecule has 0 N–H and O–H groups in total. The molecule has 0 saturated carbocycles. The van der Waals surface area contributed by atoms with Crippen LogP contribution in [0.2, 0.25) is 0 Å². The Hall–Kier alpha value is -1.90. The Morgan fingerprint density at radius 2 is 1.71 bits per heavy atom. The van der Waals surface area contributed by atoms with Gasteiger partial charge >= 0.3 is 0 Å². The fraction of sp³-hybridized carbons (Fsp3) is 0.214. The molecular weight excluding hydrogens is 219 g/mol. The molecule has 0 amide bonds. The summed E-state index contributed by atoms with van der Waals surface area (Å²) in [7, 11) is 0. The van der Waals surface area contributed by atoms with E-state index >= 15 is 0 Å². The number of benzene rings is 1. The molecule has 0 spiro atoms. The topological polar surface area (TPSA) is 30.2 Å². The Balaban J connectivity index is 2.44. The minimum Gasteiger partial charge on any atom is -0.458 e. The zero-order valence-electron chi connectivity index (χ0n) is 10.0. The van der Waals surface area contributed by atoms with Crippen molar-refractivity contribution in [3.63, 3.8) is 0 Å². The van der Waals surface area contributed by atoms with Crippen LogP contribution in [0.15, 0.2) is 28.7 Å². The summed E-state index contributed by atoms with van der Waals surface area (Å²) in [5, 5.41) is 0. The minimum atomic E-state index is -0.267. The molecule has 0 aliphatic carbocycles. The molecule has 0 unspecified atom stereocenters. The number of ketones is 1. The zero-order valence-corrected chi connectivity index (χ0v) is 10.0. The van der Waals surface area contributed by atoms with Gasteiger partial charge in [-0.3, -0.25) is 4.79 Å². The third-order valence-corrected chi connectivity index (χ3v) is 2.66. The zero-order chi connectivity index (χ0) is 12.6. The van der Waals surface area contributed by atoms with Crippen LogP contribution in [-0.4, -0.2) is 5.78 Å². The summed E-state index contributed by atoms with van der Waals surface area (Å²) in [4.78, 5) is 12.1. The molecule has 0 radical (unpaired) electrons. The van der Waals surface area contributed by atoms with Gasteiger partial charge in [-0.2, -0.15) is 0 Å². The van der Waals surface area contributed by atoms with Crippen LogP contribution in [0.4, 0.5) is 4.39 Å². The van der Waals surface area contributed by atoms with Crippen molar-refractivity contribution in [3.05, 3.63) is 58.3 Å². The number of hydrogen-bond acceptors (Lipinski definition) is 2. The number of hydrogen-bond donors (Lipinski definition) is 0. The van der Waals surface area contributed by atoms with Crippen molar-refractivity contribution >= 4 is 5.78 Å². The molecule has 1 aromatic heterocycles. The third-order valence-electron chi connectivity index (χ3n) is 2.66. The molecule has 2 rings (SSSR count). The number of aryl methyl sites for hydroxylation is 3. The van der Waals surface area contributed by atoms with Gasteiger partial charge in [-0.1, -0.05) is 0 Å². The lowest BCUT2D eigenvalue weighted by Gasteiger charge is -2.04. The molecule has 88 valence electrons. The van der Waals surface area contributed by atoms with Crippen LogP contribution < -0.4 is 0 Å². The quantitative estimate of drug-likeness (QED) is 0.741. The Kier molecular flexibility index (Phi) is 2.84. The smallest absolute Gasteiger partial charge is 0.228 e. The fourth-order valence-electron chi connectivity index (χ4n) is 1.78. The van der Waals surface area contributed by atoms with E-state index in [1.807, 2.05) is 0 Å². The van der Waals surface area contributed by atoms with Gasteiger partial charge in [0.15, 0.2) is 5.76 Å². The highest BCUT2D eigenvalue weighted by Gasteiger charge is 2.15. The number of rotatable bonds is 2. The van der Waals surface area contributed by atoms with Crippen LogP contribution in [0.25, 0.3) is 0 Å². The highest BCUT2D eigenvalue weighted by molar-refractivity contribution is 6.07. The predicted octanol–water partition coefficient (Wildman–Crippen LogP) is 3.57. The highest BCUT2D eigenvalue weighted by atomic mass is 19.1. The van der Waals surface area contributed by atoms with Gasteiger partial charge in [-0.25, -0.2) is 4.39 Å². The second kappa shape index (κ2) is 4.17. The van der Waals surface area contributed by atoms with E-state index in [2.05, 4.69) is 0 Å². The van der Waals surface area contributed by atoms with E-state index in [4.69, 9.17) is 4.42 Å². The summed E-state index contributed by atoms with van der Waals surface area (Å²) in [6.45, 7) is 5.07. The van der Waals surface area contributed by atoms with Crippen molar-refractivity contribution in [3.8, 4) is 0 Å². The van der Waals surface area contributed by atoms with Crippen LogP contribution in [0.3, 0.4) is 0 Å². The molecule has 0 saturated heterocycles. The van der Waals surface area contributed by atoms with Gasteiger partial charge in [0.1, 0.15) is 11.6 Å². The number of carbonyl (C=O) groups is 1. The standard InChI is InChI=1S/C14H13FO2/c1-8-6-11(7-9(2)13(8)15)14(16)12-5-4-10(3)17-12/h4-7H,1-3H3. The van der Waals surface area contributed by atoms with E-state index in [1.54, 1.807) is 45.0 Å². The molecule has 0 atom stereocenters. The Morgan fingerprint density at radius 3 is 2.18 bits per heavy atom. The van der Waals surface area contributed by atoms with E-state index in [0.29, 0.717) is 22.5 Å². The first-order chi connectivity index (χ1) is 7.99. The lowest BCUT2D eigenvalue weighted by molar-refractivity contribution is 0.101. The Morgan fingerprint density at radius 1 is 1.12 bits per heavy atom. The highest BCUT2D eigenvalue weighted by Crippen LogP contribution is 2.18. The molecular formula is C14H13FO2. The SMILES string of the molecule is Cc1ccc(C(=O)c2cc(C)c(F)c(C)c2)o1. The second-order valence-corrected chi connectivity index (χ2v) is 4.16. The third kappa shape index (κ3) is 2.13. The summed E-state index contributed by atoms with van der Waals surface area (Å²) in [5.41, 5.74) is 1.39. The summed E-state index contributed by atoms with van der Waals surface area (Å²) in [6, 6.07) is 6.45. The van der Waals surface area contributed by atoms with Crippen LogP contribution in [0.1, 0.15) is 33.0 Å². The molecule has 0 fully saturated rings. The fourth-order valence-corrected chi connectivity index (χ4v) is 1.78. The monoisotopic (exact) mass is 232 g/mol. The first-order valence-electron chi connectivity index (χ1n) is 5.37. The van der Waals surface area contributed by atoms with Gasteiger partial charge in [0.05, 0.1) is 0 Å². The van der Waals surface area contributed by atoms with E-state index in [-0.39, 0.29) is 17.4 Å². The molecule has 17 heavy (non-hydrogen) atoms. The average Bonchev–Trinajstić information content (AvgIpc) is 2.71. The van der Waals surface area contributed by atoms with E-state index < -0.39 is 0 Å². The van der Waals surface area contributed by atoms with Crippen molar-refractivity contribution in [2.45, 2.75) is 20.8 Å². The van der Waals surface area contributed by atoms with Crippen molar-refractivity contribution in [2.75, 3.05) is 0 Å². The van der Waals surface area contributed by atoms with Crippen molar-refractivity contribution < 1.29 is 13.6 Å². The number of halogens is 1. The van der Waals surface area contributed by atoms with Gasteiger partial charge in [0.2, 0.25) is 5.78 Å². The maximum atomic E-state index is 13.4. The summed E-state index contributed by atoms with van der Waals surface area (Å²) < 4.78 is 18.7. The summed E-state index contributed by atoms with van der Waals surface area (Å²) >= 11 is 0. The van der Waals surface area contributed by atoms with Crippen molar-refractivity contribution in [1.29, 1.82) is 0 Å². The Bertz CT molecular complexity index is 559. The van der Waals surface area contributed by atoms with Crippen molar-refractivity contribution in [1.82, 2.24) is 0 Å². The van der Waals surface area contributed by atoms with Gasteiger partial charge < -0.3 is 4.42 Å². The van der Waals surface area contributed by atoms with E-state index in [9.17, 15) is 9.18 Å². The molecule has 2 nitrogen and oxygen atoms in total. The van der Waals surface area contributed by atoms with Crippen LogP contribution in [0, 0.1) is 26.6 Å². The predicted molar refractivity (Wildman–Crippen MR) is 62.8 cm³/mol. The lowest BCUT2D eigenvalue weighted by Crippen LogP contribution is -2.02. The van der Waals surface area contributed by atoms with E-state index in [0.717, 1.165) is 0 Å². The van der Waals surface area contributed by atoms with Gasteiger partial charge in [0, 0.05) is 5.56 Å². The maximum Gasteiger partial charge on any atom is 0.228 e. The van der Waals surface area contributed by atoms with Crippen LogP contribution in [0.5, 0.6) is 0 Å². The average molecular weight is 232 g/mol. The number of carbonyl (C=O) groups excluding carboxylic acids is 1. The lowest BCUT2D eigenvalue weighted by atomic mass is 10.0. The maximum absolute atomic E-state index is 13.4. The second-order valence-electron chi connectivity index (χ2n) is 4.16. The van der Waals surface area contributed by atoms with Gasteiger partial charge in [-0.15, -0.1) is 0 Å². The molecule has 3 heteroatoms. The molecule has 1 aromatic carbocycles. The summed E-state index contributed by atoms with van der Waals surface area (Å²) in [6.07, 6.45) is 0. The molecule has 0 bridgehead atoms. The van der Waals surface area contributed by atoms with Crippen LogP contribution in [-0.2, 0) is 0 Å². The minimum absolute atomic E-state index is 0.218. The largest absolute Gasteiger partial charge is 0.458 e. The molecule has 2 aromatic rings. The first-order valence-corrected chi connectivity index (χ1v) is 5.37. The van der Waals surface area contributed by atoms with Gasteiger partial charge in [0.25, 0.3) is 0 Å². The van der Waals surface area contributed by atoms with Crippen LogP contribution >= 0.6 is 0 Å². The molecule has 0 aliphatic heterocycles. The van der Waals surface area contributed by atoms with Gasteiger partial charge in [-0.05, 0) is 56.2 Å². The Labute approximate surface area is 99.1 Å². The van der Waals surface area contributed by atoms with E-state index in [1.165, 1.54) is 0 Å². The number of furan rings is 1. The molecule has 1 heterocycles. The molecule has 0 aliphatic rings. The summed E-state index contributed by atoms with van der Waals surface area (Å²) in [5.74, 6) is 0.485. The van der Waals surface area contributed by atoms with Crippen molar-refractivity contribution in [2.24, 2.45) is 0 Å².